The lowest BCUT2D eigenvalue weighted by Gasteiger charge is -2.34. The number of piperazine rings is 1. The van der Waals surface area contributed by atoms with Crippen LogP contribution in [0.2, 0.25) is 5.02 Å². The van der Waals surface area contributed by atoms with Crippen molar-refractivity contribution in [3.63, 3.8) is 0 Å². The van der Waals surface area contributed by atoms with Crippen LogP contribution in [0.15, 0.2) is 24.3 Å². The van der Waals surface area contributed by atoms with Crippen molar-refractivity contribution < 1.29 is 4.79 Å². The number of nitrogens with zero attached hydrogens (tertiary/aromatic N) is 3. The molecular formula is C17H20ClN3OS. The minimum atomic E-state index is 0.0854. The maximum absolute atomic E-state index is 12.5. The van der Waals surface area contributed by atoms with Crippen molar-refractivity contribution >= 4 is 28.8 Å². The number of amides is 1. The number of benzene rings is 1. The molecule has 4 nitrogen and oxygen atoms in total. The molecule has 0 unspecified atom stereocenters. The molecule has 6 heteroatoms. The van der Waals surface area contributed by atoms with Crippen LogP contribution in [0.3, 0.4) is 0 Å². The molecule has 122 valence electrons. The van der Waals surface area contributed by atoms with Crippen LogP contribution in [0.4, 0.5) is 0 Å². The van der Waals surface area contributed by atoms with E-state index in [0.29, 0.717) is 10.6 Å². The molecule has 0 aliphatic carbocycles. The third-order valence-electron chi connectivity index (χ3n) is 4.18. The Hall–Kier alpha value is -1.43. The van der Waals surface area contributed by atoms with Gasteiger partial charge in [0.1, 0.15) is 5.01 Å². The molecular weight excluding hydrogens is 330 g/mol. The fraction of sp³-hybridized carbons (Fsp3) is 0.412. The van der Waals surface area contributed by atoms with Gasteiger partial charge in [-0.2, -0.15) is 0 Å². The summed E-state index contributed by atoms with van der Waals surface area (Å²) in [6, 6.07) is 7.10. The molecule has 1 aliphatic rings. The van der Waals surface area contributed by atoms with Gasteiger partial charge in [-0.15, -0.1) is 11.3 Å². The number of aryl methyl sites for hydroxylation is 2. The lowest BCUT2D eigenvalue weighted by molar-refractivity contribution is 0.0628. The molecule has 0 atom stereocenters. The monoisotopic (exact) mass is 349 g/mol. The Bertz CT molecular complexity index is 671. The highest BCUT2D eigenvalue weighted by atomic mass is 35.5. The summed E-state index contributed by atoms with van der Waals surface area (Å²) < 4.78 is 0. The van der Waals surface area contributed by atoms with Gasteiger partial charge in [0, 0.05) is 41.6 Å². The van der Waals surface area contributed by atoms with Crippen LogP contribution in [0.5, 0.6) is 0 Å². The predicted octanol–water partition coefficient (Wildman–Crippen LogP) is 3.37. The maximum atomic E-state index is 12.5. The zero-order valence-electron chi connectivity index (χ0n) is 13.4. The molecule has 3 rings (SSSR count). The number of carbonyl (C=O) groups is 1. The fourth-order valence-electron chi connectivity index (χ4n) is 2.68. The lowest BCUT2D eigenvalue weighted by atomic mass is 10.2. The normalized spacial score (nSPS) is 15.9. The van der Waals surface area contributed by atoms with Crippen LogP contribution in [0.25, 0.3) is 0 Å². The van der Waals surface area contributed by atoms with Crippen LogP contribution in [-0.2, 0) is 6.54 Å². The molecule has 1 amide bonds. The minimum Gasteiger partial charge on any atom is -0.336 e. The number of aromatic nitrogens is 1. The minimum absolute atomic E-state index is 0.0854. The molecule has 2 aromatic rings. The average Bonchev–Trinajstić information content (AvgIpc) is 2.86. The first-order valence-corrected chi connectivity index (χ1v) is 8.92. The second kappa shape index (κ2) is 6.99. The van der Waals surface area contributed by atoms with Crippen LogP contribution in [0.1, 0.15) is 25.9 Å². The molecule has 1 aromatic carbocycles. The summed E-state index contributed by atoms with van der Waals surface area (Å²) >= 11 is 7.64. The van der Waals surface area contributed by atoms with Gasteiger partial charge >= 0.3 is 0 Å². The van der Waals surface area contributed by atoms with Gasteiger partial charge in [0.2, 0.25) is 0 Å². The summed E-state index contributed by atoms with van der Waals surface area (Å²) in [5, 5.41) is 1.82. The summed E-state index contributed by atoms with van der Waals surface area (Å²) in [5.74, 6) is 0.0854. The average molecular weight is 350 g/mol. The molecule has 1 fully saturated rings. The molecule has 2 heterocycles. The van der Waals surface area contributed by atoms with Gasteiger partial charge in [0.25, 0.3) is 5.91 Å². The summed E-state index contributed by atoms with van der Waals surface area (Å²) in [6.45, 7) is 8.32. The Morgan fingerprint density at radius 1 is 1.17 bits per heavy atom. The third-order valence-corrected chi connectivity index (χ3v) is 5.49. The maximum Gasteiger partial charge on any atom is 0.253 e. The number of thiazole rings is 1. The number of hydrogen-bond acceptors (Lipinski definition) is 4. The highest BCUT2D eigenvalue weighted by Crippen LogP contribution is 2.19. The van der Waals surface area contributed by atoms with E-state index in [2.05, 4.69) is 23.7 Å². The molecule has 1 aromatic heterocycles. The Morgan fingerprint density at radius 2 is 1.83 bits per heavy atom. The molecule has 0 spiro atoms. The van der Waals surface area contributed by atoms with Crippen molar-refractivity contribution in [2.75, 3.05) is 26.2 Å². The molecule has 1 aliphatic heterocycles. The van der Waals surface area contributed by atoms with E-state index in [0.717, 1.165) is 43.4 Å². The third kappa shape index (κ3) is 3.91. The topological polar surface area (TPSA) is 36.4 Å². The van der Waals surface area contributed by atoms with Crippen molar-refractivity contribution in [2.24, 2.45) is 0 Å². The summed E-state index contributed by atoms with van der Waals surface area (Å²) in [5.41, 5.74) is 1.83. The fourth-order valence-corrected chi connectivity index (χ4v) is 3.78. The van der Waals surface area contributed by atoms with Gasteiger partial charge in [0.15, 0.2) is 0 Å². The molecule has 0 saturated carbocycles. The van der Waals surface area contributed by atoms with Gasteiger partial charge < -0.3 is 4.90 Å². The van der Waals surface area contributed by atoms with Gasteiger partial charge in [-0.1, -0.05) is 11.6 Å². The SMILES string of the molecule is Cc1nc(CN2CCN(C(=O)c3ccc(Cl)cc3)CC2)sc1C. The van der Waals surface area contributed by atoms with E-state index in [-0.39, 0.29) is 5.91 Å². The van der Waals surface area contributed by atoms with Gasteiger partial charge in [-0.25, -0.2) is 4.98 Å². The zero-order valence-corrected chi connectivity index (χ0v) is 15.0. The molecule has 23 heavy (non-hydrogen) atoms. The van der Waals surface area contributed by atoms with E-state index < -0.39 is 0 Å². The first-order valence-electron chi connectivity index (χ1n) is 7.73. The summed E-state index contributed by atoms with van der Waals surface area (Å²) in [7, 11) is 0. The molecule has 1 saturated heterocycles. The second-order valence-corrected chi connectivity index (χ2v) is 7.55. The quantitative estimate of drug-likeness (QED) is 0.852. The van der Waals surface area contributed by atoms with E-state index >= 15 is 0 Å². The largest absolute Gasteiger partial charge is 0.336 e. The standard InChI is InChI=1S/C17H20ClN3OS/c1-12-13(2)23-16(19-12)11-20-7-9-21(10-8-20)17(22)14-3-5-15(18)6-4-14/h3-6H,7-11H2,1-2H3. The van der Waals surface area contributed by atoms with Gasteiger partial charge in [-0.3, -0.25) is 9.69 Å². The molecule has 0 N–H and O–H groups in total. The van der Waals surface area contributed by atoms with Crippen LogP contribution >= 0.6 is 22.9 Å². The van der Waals surface area contributed by atoms with Crippen molar-refractivity contribution in [3.05, 3.63) is 50.4 Å². The summed E-state index contributed by atoms with van der Waals surface area (Å²) in [4.78, 5) is 22.6. The Balaban J connectivity index is 1.55. The molecule has 0 radical (unpaired) electrons. The van der Waals surface area contributed by atoms with Crippen molar-refractivity contribution in [1.82, 2.24) is 14.8 Å². The predicted molar refractivity (Wildman–Crippen MR) is 94.2 cm³/mol. The van der Waals surface area contributed by atoms with E-state index in [1.807, 2.05) is 4.90 Å². The van der Waals surface area contributed by atoms with Crippen LogP contribution < -0.4 is 0 Å². The van der Waals surface area contributed by atoms with Crippen LogP contribution in [-0.4, -0.2) is 46.9 Å². The van der Waals surface area contributed by atoms with Crippen molar-refractivity contribution in [2.45, 2.75) is 20.4 Å². The Morgan fingerprint density at radius 3 is 2.39 bits per heavy atom. The van der Waals surface area contributed by atoms with E-state index in [1.54, 1.807) is 35.6 Å². The second-order valence-electron chi connectivity index (χ2n) is 5.82. The number of rotatable bonds is 3. The van der Waals surface area contributed by atoms with E-state index in [9.17, 15) is 4.79 Å². The van der Waals surface area contributed by atoms with E-state index in [1.165, 1.54) is 4.88 Å². The number of carbonyl (C=O) groups excluding carboxylic acids is 1. The van der Waals surface area contributed by atoms with Gasteiger partial charge in [0.05, 0.1) is 12.2 Å². The Labute approximate surface area is 145 Å². The molecule has 0 bridgehead atoms. The Kier molecular flexibility index (Phi) is 4.99. The number of halogens is 1. The smallest absolute Gasteiger partial charge is 0.253 e. The van der Waals surface area contributed by atoms with Crippen LogP contribution in [0, 0.1) is 13.8 Å². The lowest BCUT2D eigenvalue weighted by Crippen LogP contribution is -2.48. The van der Waals surface area contributed by atoms with E-state index in [4.69, 9.17) is 11.6 Å². The van der Waals surface area contributed by atoms with Crippen molar-refractivity contribution in [3.8, 4) is 0 Å². The summed E-state index contributed by atoms with van der Waals surface area (Å²) in [6.07, 6.45) is 0. The number of hydrogen-bond donors (Lipinski definition) is 0. The first-order chi connectivity index (χ1) is 11.0. The first kappa shape index (κ1) is 16.4. The van der Waals surface area contributed by atoms with Gasteiger partial charge in [-0.05, 0) is 38.1 Å². The van der Waals surface area contributed by atoms with Crippen molar-refractivity contribution in [1.29, 1.82) is 0 Å². The highest BCUT2D eigenvalue weighted by molar-refractivity contribution is 7.11. The zero-order chi connectivity index (χ0) is 16.4. The highest BCUT2D eigenvalue weighted by Gasteiger charge is 2.22.